The molecule has 0 heterocycles. The first-order valence-corrected chi connectivity index (χ1v) is 7.22. The van der Waals surface area contributed by atoms with Gasteiger partial charge in [0, 0.05) is 0 Å². The molecule has 0 saturated carbocycles. The van der Waals surface area contributed by atoms with Crippen molar-refractivity contribution < 1.29 is 0 Å². The Balaban J connectivity index is 2.52. The van der Waals surface area contributed by atoms with Crippen LogP contribution >= 0.6 is 0 Å². The van der Waals surface area contributed by atoms with Crippen LogP contribution in [0.5, 0.6) is 0 Å². The molecule has 0 radical (unpaired) electrons. The maximum atomic E-state index is 3.94. The van der Waals surface area contributed by atoms with Gasteiger partial charge in [-0.05, 0) is 43.3 Å². The quantitative estimate of drug-likeness (QED) is 0.541. The van der Waals surface area contributed by atoms with E-state index in [0.29, 0.717) is 0 Å². The Kier molecular flexibility index (Phi) is 4.43. The number of benzene rings is 2. The molecular weight excluding hydrogens is 236 g/mol. The molecule has 90 valence electrons. The van der Waals surface area contributed by atoms with Crippen LogP contribution in [0.15, 0.2) is 94.1 Å². The zero-order valence-corrected chi connectivity index (χ0v) is 11.4. The topological polar surface area (TPSA) is 0 Å². The molecule has 0 amide bonds. The van der Waals surface area contributed by atoms with Gasteiger partial charge in [-0.1, -0.05) is 43.0 Å². The lowest BCUT2D eigenvalue weighted by atomic mass is 10.4. The average Bonchev–Trinajstić information content (AvgIpc) is 2.46. The van der Waals surface area contributed by atoms with Gasteiger partial charge in [0.2, 0.25) is 0 Å². The molecule has 0 bridgehead atoms. The van der Waals surface area contributed by atoms with Gasteiger partial charge in [0.25, 0.3) is 0 Å². The molecule has 0 aliphatic rings. The first-order valence-electron chi connectivity index (χ1n) is 6.00. The van der Waals surface area contributed by atoms with Crippen LogP contribution in [0.3, 0.4) is 0 Å². The van der Waals surface area contributed by atoms with Crippen LogP contribution < -0.4 is 0 Å². The van der Waals surface area contributed by atoms with Gasteiger partial charge >= 0.3 is 0 Å². The van der Waals surface area contributed by atoms with Crippen molar-refractivity contribution in [2.75, 3.05) is 0 Å². The number of hydrogen-bond acceptors (Lipinski definition) is 0. The van der Waals surface area contributed by atoms with E-state index in [4.69, 9.17) is 0 Å². The molecule has 0 nitrogen and oxygen atoms in total. The van der Waals surface area contributed by atoms with Crippen molar-refractivity contribution in [2.45, 2.75) is 16.7 Å². The molecule has 0 unspecified atom stereocenters. The Morgan fingerprint density at radius 1 is 0.889 bits per heavy atom. The molecule has 0 aliphatic carbocycles. The second kappa shape index (κ2) is 6.27. The maximum absolute atomic E-state index is 3.94. The Morgan fingerprint density at radius 2 is 1.33 bits per heavy atom. The summed E-state index contributed by atoms with van der Waals surface area (Å²) in [6, 6.07) is 21.2. The van der Waals surface area contributed by atoms with E-state index in [-0.39, 0.29) is 10.9 Å². The normalized spacial score (nSPS) is 11.6. The van der Waals surface area contributed by atoms with Crippen molar-refractivity contribution >= 4 is 10.9 Å². The second-order valence-electron chi connectivity index (χ2n) is 3.83. The van der Waals surface area contributed by atoms with E-state index in [1.807, 2.05) is 6.08 Å². The highest BCUT2D eigenvalue weighted by molar-refractivity contribution is 8.00. The van der Waals surface area contributed by atoms with Gasteiger partial charge < -0.3 is 0 Å². The lowest BCUT2D eigenvalue weighted by Gasteiger charge is -2.07. The van der Waals surface area contributed by atoms with E-state index in [2.05, 4.69) is 80.2 Å². The van der Waals surface area contributed by atoms with Gasteiger partial charge in [-0.3, -0.25) is 0 Å². The molecule has 18 heavy (non-hydrogen) atoms. The van der Waals surface area contributed by atoms with Gasteiger partial charge in [-0.2, -0.15) is 0 Å². The SMILES string of the molecule is C=C/C(=C\C)[S+](c1ccccc1)c1ccccc1. The van der Waals surface area contributed by atoms with Gasteiger partial charge in [-0.25, -0.2) is 0 Å². The van der Waals surface area contributed by atoms with Gasteiger partial charge in [0.15, 0.2) is 14.7 Å². The summed E-state index contributed by atoms with van der Waals surface area (Å²) in [7, 11) is -0.0460. The molecule has 0 spiro atoms. The van der Waals surface area contributed by atoms with Crippen LogP contribution in [0.2, 0.25) is 0 Å². The second-order valence-corrected chi connectivity index (χ2v) is 5.85. The summed E-state index contributed by atoms with van der Waals surface area (Å²) in [4.78, 5) is 3.93. The van der Waals surface area contributed by atoms with Crippen LogP contribution in [0.25, 0.3) is 0 Å². The van der Waals surface area contributed by atoms with E-state index in [0.717, 1.165) is 0 Å². The molecule has 2 aromatic carbocycles. The fourth-order valence-electron chi connectivity index (χ4n) is 1.84. The monoisotopic (exact) mass is 253 g/mol. The zero-order valence-electron chi connectivity index (χ0n) is 10.5. The summed E-state index contributed by atoms with van der Waals surface area (Å²) in [5.74, 6) is 0. The molecule has 0 N–H and O–H groups in total. The van der Waals surface area contributed by atoms with Crippen molar-refractivity contribution in [1.29, 1.82) is 0 Å². The zero-order chi connectivity index (χ0) is 12.8. The van der Waals surface area contributed by atoms with Crippen molar-refractivity contribution in [2.24, 2.45) is 0 Å². The lowest BCUT2D eigenvalue weighted by molar-refractivity contribution is 1.38. The predicted molar refractivity (Wildman–Crippen MR) is 80.7 cm³/mol. The first-order chi connectivity index (χ1) is 8.86. The Bertz CT molecular complexity index is 487. The van der Waals surface area contributed by atoms with E-state index < -0.39 is 0 Å². The van der Waals surface area contributed by atoms with E-state index in [1.165, 1.54) is 14.7 Å². The van der Waals surface area contributed by atoms with Crippen LogP contribution in [0.1, 0.15) is 6.92 Å². The number of rotatable bonds is 4. The average molecular weight is 253 g/mol. The summed E-state index contributed by atoms with van der Waals surface area (Å²) in [5, 5.41) is 0. The molecule has 2 rings (SSSR count). The summed E-state index contributed by atoms with van der Waals surface area (Å²) < 4.78 is 0. The molecule has 0 aromatic heterocycles. The van der Waals surface area contributed by atoms with Crippen molar-refractivity contribution in [1.82, 2.24) is 0 Å². The molecule has 0 atom stereocenters. The standard InChI is InChI=1S/C17H17S/c1-3-15(4-2)18(16-11-7-5-8-12-16)17-13-9-6-10-14-17/h3-14H,1H2,2H3/q+1/b15-4+. The third kappa shape index (κ3) is 2.74. The number of allylic oxidation sites excluding steroid dienone is 2. The molecular formula is C17H17S+. The third-order valence-electron chi connectivity index (χ3n) is 2.68. The number of hydrogen-bond donors (Lipinski definition) is 0. The van der Waals surface area contributed by atoms with Crippen LogP contribution in [0, 0.1) is 0 Å². The lowest BCUT2D eigenvalue weighted by Crippen LogP contribution is -2.05. The molecule has 0 saturated heterocycles. The largest absolute Gasteiger partial charge is 0.166 e. The van der Waals surface area contributed by atoms with E-state index >= 15 is 0 Å². The van der Waals surface area contributed by atoms with Crippen LogP contribution in [-0.2, 0) is 10.9 Å². The van der Waals surface area contributed by atoms with E-state index in [9.17, 15) is 0 Å². The highest BCUT2D eigenvalue weighted by Gasteiger charge is 2.28. The van der Waals surface area contributed by atoms with Gasteiger partial charge in [0.05, 0.1) is 10.9 Å². The van der Waals surface area contributed by atoms with Gasteiger partial charge in [0.1, 0.15) is 0 Å². The fraction of sp³-hybridized carbons (Fsp3) is 0.0588. The minimum Gasteiger partial charge on any atom is -0.0941 e. The Labute approximate surface area is 112 Å². The van der Waals surface area contributed by atoms with Gasteiger partial charge in [-0.15, -0.1) is 0 Å². The first kappa shape index (κ1) is 12.7. The molecule has 1 heteroatoms. The molecule has 0 fully saturated rings. The summed E-state index contributed by atoms with van der Waals surface area (Å²) in [6.07, 6.45) is 4.11. The van der Waals surface area contributed by atoms with Crippen molar-refractivity contribution in [3.05, 3.63) is 84.3 Å². The summed E-state index contributed by atoms with van der Waals surface area (Å²) in [5.41, 5.74) is 0. The highest BCUT2D eigenvalue weighted by Crippen LogP contribution is 2.30. The van der Waals surface area contributed by atoms with Crippen LogP contribution in [-0.4, -0.2) is 0 Å². The minimum absolute atomic E-state index is 0.0460. The van der Waals surface area contributed by atoms with Crippen LogP contribution in [0.4, 0.5) is 0 Å². The predicted octanol–water partition coefficient (Wildman–Crippen LogP) is 4.81. The van der Waals surface area contributed by atoms with E-state index in [1.54, 1.807) is 0 Å². The smallest absolute Gasteiger partial charge is 0.0941 e. The summed E-state index contributed by atoms with van der Waals surface area (Å²) in [6.45, 7) is 6.01. The molecule has 2 aromatic rings. The molecule has 0 aliphatic heterocycles. The summed E-state index contributed by atoms with van der Waals surface area (Å²) >= 11 is 0. The Morgan fingerprint density at radius 3 is 1.67 bits per heavy atom. The van der Waals surface area contributed by atoms with Crippen molar-refractivity contribution in [3.63, 3.8) is 0 Å². The fourth-order valence-corrected chi connectivity index (χ4v) is 3.92. The minimum atomic E-state index is -0.0460. The van der Waals surface area contributed by atoms with Crippen molar-refractivity contribution in [3.8, 4) is 0 Å². The third-order valence-corrected chi connectivity index (χ3v) is 5.04. The highest BCUT2D eigenvalue weighted by atomic mass is 32.2. The maximum Gasteiger partial charge on any atom is 0.166 e. The Hall–Kier alpha value is -1.73.